The maximum atomic E-state index is 10.1. The largest absolute Gasteiger partial charge is 0.508 e. The maximum absolute atomic E-state index is 10.1. The molecule has 4 heteroatoms. The number of aliphatic hydroxyl groups excluding tert-OH is 2. The monoisotopic (exact) mass is 340 g/mol. The van der Waals surface area contributed by atoms with Crippen LogP contribution < -0.4 is 0 Å². The third-order valence-electron chi connectivity index (χ3n) is 2.96. The molecule has 3 N–H and O–H groups in total. The lowest BCUT2D eigenvalue weighted by Gasteiger charge is -2.10. The van der Waals surface area contributed by atoms with Crippen LogP contribution in [0.1, 0.15) is 44.8 Å². The Hall–Kier alpha value is -1.06. The van der Waals surface area contributed by atoms with Crippen molar-refractivity contribution in [2.75, 3.05) is 0 Å². The van der Waals surface area contributed by atoms with E-state index in [9.17, 15) is 15.3 Å². The Morgan fingerprint density at radius 3 is 2.70 bits per heavy atom. The summed E-state index contributed by atoms with van der Waals surface area (Å²) in [4.78, 5) is 0. The summed E-state index contributed by atoms with van der Waals surface area (Å²) in [7, 11) is 0. The molecule has 0 aliphatic heterocycles. The molecule has 0 amide bonds. The standard InChI is InChI=1S/C16H21BrO3/c1-3-12(9-11(2)18)5-4-6-15(19)14-10-13(17)7-8-16(14)20/h4,7-8,10-11,15,18-20H,3,6,9H2,1-2H3/t5?,11-,15+/m0/s1. The van der Waals surface area contributed by atoms with Gasteiger partial charge >= 0.3 is 0 Å². The van der Waals surface area contributed by atoms with Crippen molar-refractivity contribution in [2.45, 2.75) is 45.3 Å². The highest BCUT2D eigenvalue weighted by Crippen LogP contribution is 2.29. The van der Waals surface area contributed by atoms with Crippen molar-refractivity contribution >= 4 is 15.9 Å². The fraction of sp³-hybridized carbons (Fsp3) is 0.438. The van der Waals surface area contributed by atoms with E-state index in [0.29, 0.717) is 18.4 Å². The normalized spacial score (nSPS) is 13.4. The molecule has 0 aromatic heterocycles. The molecule has 2 atom stereocenters. The van der Waals surface area contributed by atoms with E-state index in [2.05, 4.69) is 21.7 Å². The van der Waals surface area contributed by atoms with Crippen molar-refractivity contribution in [2.24, 2.45) is 0 Å². The second-order valence-electron chi connectivity index (χ2n) is 4.81. The van der Waals surface area contributed by atoms with Crippen LogP contribution in [0.4, 0.5) is 0 Å². The molecule has 0 bridgehead atoms. The zero-order valence-electron chi connectivity index (χ0n) is 11.8. The summed E-state index contributed by atoms with van der Waals surface area (Å²) in [5, 5.41) is 29.2. The topological polar surface area (TPSA) is 60.7 Å². The van der Waals surface area contributed by atoms with Crippen LogP contribution >= 0.6 is 15.9 Å². The minimum Gasteiger partial charge on any atom is -0.508 e. The first-order valence-electron chi connectivity index (χ1n) is 6.71. The Kier molecular flexibility index (Phi) is 7.03. The first kappa shape index (κ1) is 17.0. The molecule has 0 heterocycles. The molecule has 0 aliphatic carbocycles. The lowest BCUT2D eigenvalue weighted by atomic mass is 10.0. The van der Waals surface area contributed by atoms with Crippen LogP contribution in [0.15, 0.2) is 40.1 Å². The van der Waals surface area contributed by atoms with Gasteiger partial charge in [-0.25, -0.2) is 0 Å². The molecule has 110 valence electrons. The van der Waals surface area contributed by atoms with E-state index < -0.39 is 6.10 Å². The van der Waals surface area contributed by atoms with Gasteiger partial charge in [0.25, 0.3) is 0 Å². The molecule has 0 radical (unpaired) electrons. The van der Waals surface area contributed by atoms with Crippen molar-refractivity contribution in [3.63, 3.8) is 0 Å². The molecule has 0 unspecified atom stereocenters. The number of hydrogen-bond acceptors (Lipinski definition) is 3. The Morgan fingerprint density at radius 2 is 2.10 bits per heavy atom. The van der Waals surface area contributed by atoms with Crippen LogP contribution in [0, 0.1) is 0 Å². The van der Waals surface area contributed by atoms with Crippen molar-refractivity contribution in [3.05, 3.63) is 45.6 Å². The second kappa shape index (κ2) is 8.28. The van der Waals surface area contributed by atoms with E-state index in [1.807, 2.05) is 6.92 Å². The van der Waals surface area contributed by atoms with E-state index in [4.69, 9.17) is 0 Å². The van der Waals surface area contributed by atoms with Gasteiger partial charge in [0.05, 0.1) is 12.2 Å². The van der Waals surface area contributed by atoms with Crippen molar-refractivity contribution in [3.8, 4) is 5.75 Å². The fourth-order valence-corrected chi connectivity index (χ4v) is 2.27. The highest BCUT2D eigenvalue weighted by Gasteiger charge is 2.11. The van der Waals surface area contributed by atoms with Gasteiger partial charge in [-0.2, -0.15) is 0 Å². The summed E-state index contributed by atoms with van der Waals surface area (Å²) in [6.07, 6.45) is 2.37. The number of halogens is 1. The predicted octanol–water partition coefficient (Wildman–Crippen LogP) is 3.84. The summed E-state index contributed by atoms with van der Waals surface area (Å²) in [6.45, 7) is 3.75. The number of phenols is 1. The minimum atomic E-state index is -0.773. The van der Waals surface area contributed by atoms with Crippen LogP contribution in [0.3, 0.4) is 0 Å². The Bertz CT molecular complexity index is 502. The van der Waals surface area contributed by atoms with Crippen LogP contribution in [0.2, 0.25) is 0 Å². The number of phenolic OH excluding ortho intramolecular Hbond substituents is 1. The first-order chi connectivity index (χ1) is 9.43. The van der Waals surface area contributed by atoms with E-state index in [1.165, 1.54) is 0 Å². The Balaban J connectivity index is 2.77. The quantitative estimate of drug-likeness (QED) is 0.689. The van der Waals surface area contributed by atoms with Crippen molar-refractivity contribution in [1.82, 2.24) is 0 Å². The smallest absolute Gasteiger partial charge is 0.121 e. The van der Waals surface area contributed by atoms with E-state index >= 15 is 0 Å². The van der Waals surface area contributed by atoms with Crippen molar-refractivity contribution in [1.29, 1.82) is 0 Å². The van der Waals surface area contributed by atoms with Crippen LogP contribution in [-0.4, -0.2) is 21.4 Å². The number of rotatable bonds is 6. The van der Waals surface area contributed by atoms with Crippen LogP contribution in [0.25, 0.3) is 0 Å². The van der Waals surface area contributed by atoms with Gasteiger partial charge in [-0.15, -0.1) is 5.73 Å². The average molecular weight is 341 g/mol. The highest BCUT2D eigenvalue weighted by molar-refractivity contribution is 9.10. The molecule has 0 saturated heterocycles. The molecule has 0 fully saturated rings. The summed E-state index contributed by atoms with van der Waals surface area (Å²) >= 11 is 3.31. The summed E-state index contributed by atoms with van der Waals surface area (Å²) in [6, 6.07) is 4.97. The van der Waals surface area contributed by atoms with E-state index in [1.54, 1.807) is 31.2 Å². The van der Waals surface area contributed by atoms with Gasteiger partial charge in [-0.1, -0.05) is 22.9 Å². The minimum absolute atomic E-state index is 0.0813. The number of hydrogen-bond donors (Lipinski definition) is 3. The van der Waals surface area contributed by atoms with Crippen molar-refractivity contribution < 1.29 is 15.3 Å². The molecule has 0 aliphatic rings. The lowest BCUT2D eigenvalue weighted by Crippen LogP contribution is -2.00. The van der Waals surface area contributed by atoms with Gasteiger partial charge in [-0.05, 0) is 43.2 Å². The second-order valence-corrected chi connectivity index (χ2v) is 5.73. The maximum Gasteiger partial charge on any atom is 0.121 e. The summed E-state index contributed by atoms with van der Waals surface area (Å²) in [5.41, 5.74) is 4.62. The molecule has 3 nitrogen and oxygen atoms in total. The SMILES string of the molecule is CCC(=C=CC[C@@H](O)c1cc(Br)ccc1O)C[C@H](C)O. The zero-order chi connectivity index (χ0) is 15.1. The van der Waals surface area contributed by atoms with Crippen LogP contribution in [-0.2, 0) is 0 Å². The number of aliphatic hydroxyl groups is 2. The molecule has 1 rings (SSSR count). The van der Waals surface area contributed by atoms with Gasteiger partial charge in [0, 0.05) is 22.9 Å². The molecule has 1 aromatic carbocycles. The summed E-state index contributed by atoms with van der Waals surface area (Å²) in [5.74, 6) is 0.0813. The van der Waals surface area contributed by atoms with Gasteiger partial charge < -0.3 is 15.3 Å². The van der Waals surface area contributed by atoms with Gasteiger partial charge in [0.15, 0.2) is 0 Å². The molecule has 0 spiro atoms. The first-order valence-corrected chi connectivity index (χ1v) is 7.50. The zero-order valence-corrected chi connectivity index (χ0v) is 13.4. The van der Waals surface area contributed by atoms with E-state index in [0.717, 1.165) is 16.5 Å². The number of aromatic hydroxyl groups is 1. The molecular weight excluding hydrogens is 320 g/mol. The third kappa shape index (κ3) is 5.51. The molecular formula is C16H21BrO3. The third-order valence-corrected chi connectivity index (χ3v) is 3.46. The predicted molar refractivity (Wildman–Crippen MR) is 83.6 cm³/mol. The number of benzene rings is 1. The van der Waals surface area contributed by atoms with E-state index in [-0.39, 0.29) is 11.9 Å². The molecule has 20 heavy (non-hydrogen) atoms. The Morgan fingerprint density at radius 1 is 1.40 bits per heavy atom. The van der Waals surface area contributed by atoms with Gasteiger partial charge in [-0.3, -0.25) is 0 Å². The average Bonchev–Trinajstić information content (AvgIpc) is 2.39. The highest BCUT2D eigenvalue weighted by atomic mass is 79.9. The Labute approximate surface area is 128 Å². The summed E-state index contributed by atoms with van der Waals surface area (Å²) < 4.78 is 0.812. The lowest BCUT2D eigenvalue weighted by molar-refractivity contribution is 0.177. The molecule has 0 saturated carbocycles. The van der Waals surface area contributed by atoms with Gasteiger partial charge in [0.1, 0.15) is 5.75 Å². The fourth-order valence-electron chi connectivity index (χ4n) is 1.90. The van der Waals surface area contributed by atoms with Gasteiger partial charge in [0.2, 0.25) is 0 Å². The molecule has 1 aromatic rings. The van der Waals surface area contributed by atoms with Crippen LogP contribution in [0.5, 0.6) is 5.75 Å².